The molecule has 3 rings (SSSR count). The third-order valence-corrected chi connectivity index (χ3v) is 5.39. The van der Waals surface area contributed by atoms with Crippen LogP contribution in [0, 0.1) is 5.92 Å². The van der Waals surface area contributed by atoms with Crippen LogP contribution in [0.4, 0.5) is 0 Å². The lowest BCUT2D eigenvalue weighted by Gasteiger charge is -2.45. The number of hydrogen-bond acceptors (Lipinski definition) is 3. The number of rotatable bonds is 7. The second kappa shape index (κ2) is 5.94. The van der Waals surface area contributed by atoms with E-state index < -0.39 is 0 Å². The first-order valence-electron chi connectivity index (χ1n) is 7.75. The fourth-order valence-electron chi connectivity index (χ4n) is 3.12. The molecule has 1 heterocycles. The van der Waals surface area contributed by atoms with Gasteiger partial charge >= 0.3 is 0 Å². The summed E-state index contributed by atoms with van der Waals surface area (Å²) in [5.74, 6) is 0.878. The topological polar surface area (TPSA) is 15.3 Å². The number of thiophene rings is 1. The molecule has 3 heteroatoms. The van der Waals surface area contributed by atoms with Crippen molar-refractivity contribution in [1.82, 2.24) is 10.2 Å². The number of nitrogens with zero attached hydrogens (tertiary/aromatic N) is 1. The summed E-state index contributed by atoms with van der Waals surface area (Å²) < 4.78 is 0. The van der Waals surface area contributed by atoms with Gasteiger partial charge in [0, 0.05) is 29.5 Å². The summed E-state index contributed by atoms with van der Waals surface area (Å²) in [5.41, 5.74) is 0. The second-order valence-electron chi connectivity index (χ2n) is 6.45. The zero-order valence-electron chi connectivity index (χ0n) is 12.1. The molecular formula is C16H26N2S. The molecular weight excluding hydrogens is 252 g/mol. The molecule has 1 aromatic heterocycles. The minimum absolute atomic E-state index is 0.618. The second-order valence-corrected chi connectivity index (χ2v) is 7.48. The van der Waals surface area contributed by atoms with Gasteiger partial charge in [0.25, 0.3) is 0 Å². The van der Waals surface area contributed by atoms with Crippen molar-refractivity contribution < 1.29 is 0 Å². The van der Waals surface area contributed by atoms with Crippen molar-refractivity contribution >= 4 is 11.3 Å². The van der Waals surface area contributed by atoms with Gasteiger partial charge in [-0.3, -0.25) is 4.90 Å². The molecule has 106 valence electrons. The average Bonchev–Trinajstić information content (AvgIpc) is 3.05. The number of hydrogen-bond donors (Lipinski definition) is 1. The summed E-state index contributed by atoms with van der Waals surface area (Å²) in [6.07, 6.45) is 5.67. The van der Waals surface area contributed by atoms with E-state index in [1.165, 1.54) is 43.6 Å². The highest BCUT2D eigenvalue weighted by Gasteiger charge is 2.41. The van der Waals surface area contributed by atoms with Gasteiger partial charge in [0.2, 0.25) is 0 Å². The van der Waals surface area contributed by atoms with Crippen molar-refractivity contribution in [1.29, 1.82) is 0 Å². The Kier molecular flexibility index (Phi) is 4.25. The quantitative estimate of drug-likeness (QED) is 0.821. The molecule has 19 heavy (non-hydrogen) atoms. The maximum atomic E-state index is 3.63. The van der Waals surface area contributed by atoms with Crippen molar-refractivity contribution in [3.63, 3.8) is 0 Å². The average molecular weight is 278 g/mol. The first-order valence-corrected chi connectivity index (χ1v) is 8.63. The van der Waals surface area contributed by atoms with Crippen molar-refractivity contribution in [2.45, 2.75) is 64.2 Å². The maximum Gasteiger partial charge on any atom is 0.0333 e. The first kappa shape index (κ1) is 13.6. The van der Waals surface area contributed by atoms with Gasteiger partial charge < -0.3 is 5.32 Å². The van der Waals surface area contributed by atoms with Gasteiger partial charge in [0.05, 0.1) is 0 Å². The van der Waals surface area contributed by atoms with E-state index in [1.54, 1.807) is 0 Å². The van der Waals surface area contributed by atoms with Crippen molar-refractivity contribution in [3.05, 3.63) is 22.4 Å². The number of nitrogens with one attached hydrogen (secondary N) is 1. The minimum atomic E-state index is 0.618. The molecule has 0 aromatic carbocycles. The molecule has 2 atom stereocenters. The van der Waals surface area contributed by atoms with Gasteiger partial charge in [-0.25, -0.2) is 0 Å². The Morgan fingerprint density at radius 1 is 1.32 bits per heavy atom. The molecule has 0 amide bonds. The van der Waals surface area contributed by atoms with Gasteiger partial charge in [-0.1, -0.05) is 19.9 Å². The van der Waals surface area contributed by atoms with Gasteiger partial charge in [-0.2, -0.15) is 0 Å². The van der Waals surface area contributed by atoms with Crippen LogP contribution in [0.5, 0.6) is 0 Å². The summed E-state index contributed by atoms with van der Waals surface area (Å²) in [6, 6.07) is 6.81. The normalized spacial score (nSPS) is 26.9. The van der Waals surface area contributed by atoms with E-state index in [0.29, 0.717) is 6.04 Å². The van der Waals surface area contributed by atoms with E-state index in [9.17, 15) is 0 Å². The SMILES string of the molecule is CC(C)NCC1CCC1N(Cc1cccs1)C1CC1. The van der Waals surface area contributed by atoms with Crippen molar-refractivity contribution in [2.24, 2.45) is 5.92 Å². The molecule has 0 radical (unpaired) electrons. The molecule has 1 N–H and O–H groups in total. The van der Waals surface area contributed by atoms with E-state index in [0.717, 1.165) is 18.0 Å². The van der Waals surface area contributed by atoms with Crippen LogP contribution in [0.2, 0.25) is 0 Å². The smallest absolute Gasteiger partial charge is 0.0333 e. The van der Waals surface area contributed by atoms with Crippen LogP contribution in [0.1, 0.15) is 44.4 Å². The fraction of sp³-hybridized carbons (Fsp3) is 0.750. The zero-order valence-corrected chi connectivity index (χ0v) is 13.0. The third-order valence-electron chi connectivity index (χ3n) is 4.53. The molecule has 1 aromatic rings. The zero-order chi connectivity index (χ0) is 13.2. The van der Waals surface area contributed by atoms with Crippen LogP contribution in [-0.4, -0.2) is 29.6 Å². The monoisotopic (exact) mass is 278 g/mol. The van der Waals surface area contributed by atoms with Crippen molar-refractivity contribution in [3.8, 4) is 0 Å². The molecule has 0 saturated heterocycles. The van der Waals surface area contributed by atoms with Crippen LogP contribution in [0.3, 0.4) is 0 Å². The highest BCUT2D eigenvalue weighted by molar-refractivity contribution is 7.09. The predicted octanol–water partition coefficient (Wildman–Crippen LogP) is 3.49. The summed E-state index contributed by atoms with van der Waals surface area (Å²) in [4.78, 5) is 4.34. The molecule has 2 fully saturated rings. The molecule has 2 aliphatic rings. The van der Waals surface area contributed by atoms with E-state index in [2.05, 4.69) is 41.6 Å². The first-order chi connectivity index (χ1) is 9.24. The largest absolute Gasteiger partial charge is 0.314 e. The van der Waals surface area contributed by atoms with Gasteiger partial charge in [0.1, 0.15) is 0 Å². The maximum absolute atomic E-state index is 3.63. The van der Waals surface area contributed by atoms with E-state index >= 15 is 0 Å². The lowest BCUT2D eigenvalue weighted by Crippen LogP contribution is -2.51. The van der Waals surface area contributed by atoms with Gasteiger partial charge in [0.15, 0.2) is 0 Å². The van der Waals surface area contributed by atoms with E-state index in [4.69, 9.17) is 0 Å². The predicted molar refractivity (Wildman–Crippen MR) is 82.5 cm³/mol. The van der Waals surface area contributed by atoms with Crippen molar-refractivity contribution in [2.75, 3.05) is 6.54 Å². The molecule has 2 nitrogen and oxygen atoms in total. The van der Waals surface area contributed by atoms with Crippen LogP contribution < -0.4 is 5.32 Å². The Morgan fingerprint density at radius 2 is 2.16 bits per heavy atom. The van der Waals surface area contributed by atoms with Gasteiger partial charge in [-0.05, 0) is 49.6 Å². The van der Waals surface area contributed by atoms with E-state index in [-0.39, 0.29) is 0 Å². The lowest BCUT2D eigenvalue weighted by molar-refractivity contribution is 0.0482. The Morgan fingerprint density at radius 3 is 2.68 bits per heavy atom. The molecule has 2 aliphatic carbocycles. The molecule has 0 aliphatic heterocycles. The van der Waals surface area contributed by atoms with Crippen LogP contribution in [0.15, 0.2) is 17.5 Å². The van der Waals surface area contributed by atoms with Crippen LogP contribution >= 0.6 is 11.3 Å². The van der Waals surface area contributed by atoms with Crippen LogP contribution in [-0.2, 0) is 6.54 Å². The Bertz CT molecular complexity index is 383. The highest BCUT2D eigenvalue weighted by atomic mass is 32.1. The summed E-state index contributed by atoms with van der Waals surface area (Å²) >= 11 is 1.91. The Labute approximate surface area is 121 Å². The summed E-state index contributed by atoms with van der Waals surface area (Å²) in [7, 11) is 0. The molecule has 0 spiro atoms. The molecule has 0 bridgehead atoms. The fourth-order valence-corrected chi connectivity index (χ4v) is 3.83. The molecule has 2 unspecified atom stereocenters. The summed E-state index contributed by atoms with van der Waals surface area (Å²) in [5, 5.41) is 5.83. The van der Waals surface area contributed by atoms with Gasteiger partial charge in [-0.15, -0.1) is 11.3 Å². The molecule has 2 saturated carbocycles. The Hall–Kier alpha value is -0.380. The minimum Gasteiger partial charge on any atom is -0.314 e. The Balaban J connectivity index is 1.57. The van der Waals surface area contributed by atoms with Crippen LogP contribution in [0.25, 0.3) is 0 Å². The highest BCUT2D eigenvalue weighted by Crippen LogP contribution is 2.40. The standard InChI is InChI=1S/C16H26N2S/c1-12(2)17-10-13-5-8-16(13)18(14-6-7-14)11-15-4-3-9-19-15/h3-4,9,12-14,16-17H,5-8,10-11H2,1-2H3. The lowest BCUT2D eigenvalue weighted by atomic mass is 9.78. The van der Waals surface area contributed by atoms with E-state index in [1.807, 2.05) is 11.3 Å². The third kappa shape index (κ3) is 3.39. The summed E-state index contributed by atoms with van der Waals surface area (Å²) in [6.45, 7) is 6.89.